The molecule has 4 rings (SSSR count). The van der Waals surface area contributed by atoms with Gasteiger partial charge in [0.2, 0.25) is 5.91 Å². The van der Waals surface area contributed by atoms with Crippen molar-refractivity contribution in [1.82, 2.24) is 9.38 Å². The summed E-state index contributed by atoms with van der Waals surface area (Å²) < 4.78 is 7.16. The molecule has 1 N–H and O–H groups in total. The van der Waals surface area contributed by atoms with E-state index >= 15 is 0 Å². The van der Waals surface area contributed by atoms with Crippen LogP contribution in [-0.4, -0.2) is 22.4 Å². The van der Waals surface area contributed by atoms with E-state index in [1.807, 2.05) is 77.5 Å². The summed E-state index contributed by atoms with van der Waals surface area (Å²) in [5.41, 5.74) is 5.60. The van der Waals surface area contributed by atoms with Crippen LogP contribution in [0.5, 0.6) is 5.75 Å². The lowest BCUT2D eigenvalue weighted by atomic mass is 10.1. The second-order valence-corrected chi connectivity index (χ2v) is 6.75. The van der Waals surface area contributed by atoms with Crippen LogP contribution >= 0.6 is 0 Å². The molecule has 5 nitrogen and oxygen atoms in total. The van der Waals surface area contributed by atoms with E-state index in [1.165, 1.54) is 5.56 Å². The van der Waals surface area contributed by atoms with Gasteiger partial charge in [-0.2, -0.15) is 0 Å². The summed E-state index contributed by atoms with van der Waals surface area (Å²) in [6.07, 6.45) is 4.36. The molecule has 0 radical (unpaired) electrons. The number of benzene rings is 2. The smallest absolute Gasteiger partial charge is 0.228 e. The van der Waals surface area contributed by atoms with Gasteiger partial charge in [0.05, 0.1) is 19.2 Å². The molecule has 2 heterocycles. The van der Waals surface area contributed by atoms with Crippen molar-refractivity contribution in [2.24, 2.45) is 0 Å². The van der Waals surface area contributed by atoms with Gasteiger partial charge in [-0.3, -0.25) is 4.79 Å². The number of aryl methyl sites for hydroxylation is 1. The second kappa shape index (κ2) is 7.56. The Hall–Kier alpha value is -3.60. The lowest BCUT2D eigenvalue weighted by molar-refractivity contribution is -0.115. The Bertz CT molecular complexity index is 1130. The molecule has 0 bridgehead atoms. The molecular formula is C23H21N3O2. The van der Waals surface area contributed by atoms with E-state index in [1.54, 1.807) is 7.11 Å². The highest BCUT2D eigenvalue weighted by Gasteiger charge is 2.08. The average molecular weight is 371 g/mol. The predicted octanol–water partition coefficient (Wildman–Crippen LogP) is 4.50. The molecule has 140 valence electrons. The van der Waals surface area contributed by atoms with E-state index in [0.29, 0.717) is 6.42 Å². The fourth-order valence-electron chi connectivity index (χ4n) is 3.13. The van der Waals surface area contributed by atoms with Crippen LogP contribution < -0.4 is 10.1 Å². The van der Waals surface area contributed by atoms with E-state index in [4.69, 9.17) is 4.74 Å². The third-order valence-electron chi connectivity index (χ3n) is 4.56. The monoisotopic (exact) mass is 371 g/mol. The molecule has 28 heavy (non-hydrogen) atoms. The van der Waals surface area contributed by atoms with Crippen LogP contribution in [0.2, 0.25) is 0 Å². The Morgan fingerprint density at radius 2 is 1.89 bits per heavy atom. The molecule has 2 aromatic heterocycles. The van der Waals surface area contributed by atoms with Crippen LogP contribution in [0.15, 0.2) is 73.1 Å². The van der Waals surface area contributed by atoms with Crippen LogP contribution in [0.4, 0.5) is 5.69 Å². The van der Waals surface area contributed by atoms with Gasteiger partial charge in [0.1, 0.15) is 11.4 Å². The molecule has 0 aliphatic heterocycles. The van der Waals surface area contributed by atoms with Gasteiger partial charge >= 0.3 is 0 Å². The van der Waals surface area contributed by atoms with Gasteiger partial charge < -0.3 is 14.5 Å². The molecule has 0 aliphatic carbocycles. The van der Waals surface area contributed by atoms with Crippen molar-refractivity contribution in [3.63, 3.8) is 0 Å². The Morgan fingerprint density at radius 3 is 2.68 bits per heavy atom. The van der Waals surface area contributed by atoms with Gasteiger partial charge in [-0.1, -0.05) is 30.3 Å². The number of nitrogens with one attached hydrogen (secondary N) is 1. The normalized spacial score (nSPS) is 10.8. The third kappa shape index (κ3) is 3.88. The molecule has 0 atom stereocenters. The second-order valence-electron chi connectivity index (χ2n) is 6.75. The van der Waals surface area contributed by atoms with Crippen LogP contribution in [0.3, 0.4) is 0 Å². The Kier molecular flexibility index (Phi) is 4.81. The first kappa shape index (κ1) is 17.8. The van der Waals surface area contributed by atoms with Crippen molar-refractivity contribution >= 4 is 17.2 Å². The van der Waals surface area contributed by atoms with Gasteiger partial charge in [0, 0.05) is 23.6 Å². The first-order valence-electron chi connectivity index (χ1n) is 9.09. The van der Waals surface area contributed by atoms with Gasteiger partial charge in [-0.25, -0.2) is 4.98 Å². The van der Waals surface area contributed by atoms with Crippen molar-refractivity contribution < 1.29 is 9.53 Å². The van der Waals surface area contributed by atoms with Crippen molar-refractivity contribution in [3.05, 3.63) is 84.2 Å². The first-order valence-corrected chi connectivity index (χ1v) is 9.09. The molecule has 5 heteroatoms. The highest BCUT2D eigenvalue weighted by molar-refractivity contribution is 5.92. The number of rotatable bonds is 5. The minimum absolute atomic E-state index is 0.0621. The molecule has 4 aromatic rings. The lowest BCUT2D eigenvalue weighted by Crippen LogP contribution is -2.14. The van der Waals surface area contributed by atoms with Crippen LogP contribution in [0.1, 0.15) is 11.1 Å². The lowest BCUT2D eigenvalue weighted by Gasteiger charge is -2.07. The maximum absolute atomic E-state index is 12.4. The zero-order valence-electron chi connectivity index (χ0n) is 15.8. The van der Waals surface area contributed by atoms with Crippen molar-refractivity contribution in [2.45, 2.75) is 13.3 Å². The van der Waals surface area contributed by atoms with E-state index in [2.05, 4.69) is 17.2 Å². The zero-order valence-corrected chi connectivity index (χ0v) is 15.8. The molecule has 0 saturated carbocycles. The minimum Gasteiger partial charge on any atom is -0.497 e. The number of fused-ring (bicyclic) bond motifs is 1. The molecule has 0 saturated heterocycles. The molecule has 0 fully saturated rings. The fraction of sp³-hybridized carbons (Fsp3) is 0.130. The largest absolute Gasteiger partial charge is 0.497 e. The third-order valence-corrected chi connectivity index (χ3v) is 4.56. The number of imidazole rings is 1. The van der Waals surface area contributed by atoms with Gasteiger partial charge in [0.15, 0.2) is 0 Å². The summed E-state index contributed by atoms with van der Waals surface area (Å²) >= 11 is 0. The van der Waals surface area contributed by atoms with Crippen molar-refractivity contribution in [1.29, 1.82) is 0 Å². The summed E-state index contributed by atoms with van der Waals surface area (Å²) in [5, 5.41) is 2.97. The molecule has 1 amide bonds. The number of pyridine rings is 1. The zero-order chi connectivity index (χ0) is 19.5. The number of ether oxygens (including phenoxy) is 1. The van der Waals surface area contributed by atoms with Crippen molar-refractivity contribution in [2.75, 3.05) is 12.4 Å². The molecule has 0 spiro atoms. The Labute approximate surface area is 163 Å². The average Bonchev–Trinajstić information content (AvgIpc) is 3.12. The van der Waals surface area contributed by atoms with Gasteiger partial charge in [0.25, 0.3) is 0 Å². The quantitative estimate of drug-likeness (QED) is 0.562. The van der Waals surface area contributed by atoms with Crippen LogP contribution in [0.25, 0.3) is 16.9 Å². The standard InChI is InChI=1S/C23H21N3O2/c1-16-6-11-22-25-21(15-26(22)14-16)18-4-3-5-19(13-18)24-23(27)12-17-7-9-20(28-2)10-8-17/h3-11,13-15H,12H2,1-2H3,(H,24,27). The number of methoxy groups -OCH3 is 1. The maximum atomic E-state index is 12.4. The number of hydrogen-bond acceptors (Lipinski definition) is 3. The van der Waals surface area contributed by atoms with Crippen LogP contribution in [0, 0.1) is 6.92 Å². The Morgan fingerprint density at radius 1 is 1.07 bits per heavy atom. The molecular weight excluding hydrogens is 350 g/mol. The summed E-state index contributed by atoms with van der Waals surface area (Å²) in [6.45, 7) is 2.05. The number of anilines is 1. The number of aromatic nitrogens is 2. The van der Waals surface area contributed by atoms with Gasteiger partial charge in [-0.05, 0) is 48.4 Å². The van der Waals surface area contributed by atoms with Gasteiger partial charge in [-0.15, -0.1) is 0 Å². The summed E-state index contributed by atoms with van der Waals surface area (Å²) in [7, 11) is 1.62. The van der Waals surface area contributed by atoms with Crippen LogP contribution in [-0.2, 0) is 11.2 Å². The minimum atomic E-state index is -0.0621. The number of nitrogens with zero attached hydrogens (tertiary/aromatic N) is 2. The summed E-state index contributed by atoms with van der Waals surface area (Å²) in [4.78, 5) is 17.1. The molecule has 0 aliphatic rings. The summed E-state index contributed by atoms with van der Waals surface area (Å²) in [6, 6.07) is 19.3. The SMILES string of the molecule is COc1ccc(CC(=O)Nc2cccc(-c3cn4cc(C)ccc4n3)c2)cc1. The first-order chi connectivity index (χ1) is 13.6. The van der Waals surface area contributed by atoms with E-state index < -0.39 is 0 Å². The highest BCUT2D eigenvalue weighted by Crippen LogP contribution is 2.23. The number of carbonyl (C=O) groups is 1. The number of hydrogen-bond donors (Lipinski definition) is 1. The molecule has 0 unspecified atom stereocenters. The van der Waals surface area contributed by atoms with E-state index in [9.17, 15) is 4.79 Å². The topological polar surface area (TPSA) is 55.6 Å². The summed E-state index contributed by atoms with van der Waals surface area (Å²) in [5.74, 6) is 0.715. The van der Waals surface area contributed by atoms with E-state index in [0.717, 1.165) is 33.9 Å². The maximum Gasteiger partial charge on any atom is 0.228 e. The highest BCUT2D eigenvalue weighted by atomic mass is 16.5. The predicted molar refractivity (Wildman–Crippen MR) is 111 cm³/mol. The van der Waals surface area contributed by atoms with E-state index in [-0.39, 0.29) is 5.91 Å². The number of amides is 1. The Balaban J connectivity index is 1.50. The number of carbonyl (C=O) groups excluding carboxylic acids is 1. The fourth-order valence-corrected chi connectivity index (χ4v) is 3.13. The van der Waals surface area contributed by atoms with Crippen molar-refractivity contribution in [3.8, 4) is 17.0 Å². The molecule has 2 aromatic carbocycles.